The summed E-state index contributed by atoms with van der Waals surface area (Å²) in [6.45, 7) is 31.8. The first-order chi connectivity index (χ1) is 28.6. The molecule has 0 N–H and O–H groups in total. The van der Waals surface area contributed by atoms with Crippen LogP contribution in [0.5, 0.6) is 0 Å². The molecule has 6 aromatic carbocycles. The van der Waals surface area contributed by atoms with E-state index in [0.29, 0.717) is 11.8 Å². The van der Waals surface area contributed by atoms with Gasteiger partial charge in [0.15, 0.2) is 0 Å². The summed E-state index contributed by atoms with van der Waals surface area (Å²) in [6, 6.07) is 40.7. The number of hydrogen-bond acceptors (Lipinski definition) is 3. The molecule has 3 aromatic heterocycles. The smallest absolute Gasteiger partial charge is 0.250 e. The predicted molar refractivity (Wildman–Crippen MR) is 258 cm³/mol. The summed E-state index contributed by atoms with van der Waals surface area (Å²) in [5.41, 5.74) is 16.0. The number of hydrogen-bond donors (Lipinski definition) is 0. The van der Waals surface area contributed by atoms with Gasteiger partial charge in [-0.15, -0.1) is 10.2 Å². The predicted octanol–water partition coefficient (Wildman–Crippen LogP) is 15.4. The lowest BCUT2D eigenvalue weighted by atomic mass is 9.85. The molecular weight excluding hydrogens is 745 g/mol. The number of aromatic nitrogens is 4. The van der Waals surface area contributed by atoms with Crippen molar-refractivity contribution in [3.63, 3.8) is 0 Å². The summed E-state index contributed by atoms with van der Waals surface area (Å²) in [7, 11) is 0. The fourth-order valence-corrected chi connectivity index (χ4v) is 9.09. The second-order valence-corrected chi connectivity index (χ2v) is 21.5. The van der Waals surface area contributed by atoms with Crippen molar-refractivity contribution >= 4 is 43.6 Å². The lowest BCUT2D eigenvalue weighted by Gasteiger charge is -2.19. The molecule has 3 heterocycles. The molecule has 0 spiro atoms. The number of benzene rings is 6. The normalized spacial score (nSPS) is 13.1. The first kappa shape index (κ1) is 40.5. The van der Waals surface area contributed by atoms with Gasteiger partial charge in [-0.25, -0.2) is 0 Å². The maximum absolute atomic E-state index is 6.90. The van der Waals surface area contributed by atoms with Gasteiger partial charge in [0, 0.05) is 21.5 Å². The van der Waals surface area contributed by atoms with Crippen molar-refractivity contribution in [3.05, 3.63) is 143 Å². The van der Waals surface area contributed by atoms with Crippen molar-refractivity contribution in [2.75, 3.05) is 0 Å². The van der Waals surface area contributed by atoms with E-state index in [2.05, 4.69) is 215 Å². The number of para-hydroxylation sites is 2. The van der Waals surface area contributed by atoms with Crippen LogP contribution in [0.4, 0.5) is 0 Å². The number of fused-ring (bicyclic) bond motifs is 6. The van der Waals surface area contributed by atoms with E-state index in [9.17, 15) is 0 Å². The van der Waals surface area contributed by atoms with Crippen molar-refractivity contribution in [2.24, 2.45) is 0 Å². The molecule has 5 heteroatoms. The van der Waals surface area contributed by atoms with E-state index >= 15 is 0 Å². The fraction of sp³-hybridized carbons (Fsp3) is 0.321. The molecule has 9 rings (SSSR count). The van der Waals surface area contributed by atoms with E-state index in [1.54, 1.807) is 0 Å². The molecule has 0 fully saturated rings. The van der Waals surface area contributed by atoms with Gasteiger partial charge in [-0.05, 0) is 130 Å². The second kappa shape index (κ2) is 13.8. The Morgan fingerprint density at radius 3 is 0.918 bits per heavy atom. The molecule has 61 heavy (non-hydrogen) atoms. The quantitative estimate of drug-likeness (QED) is 0.178. The molecule has 0 unspecified atom stereocenters. The maximum Gasteiger partial charge on any atom is 0.250 e. The standard InChI is InChI=1S/C56H60N4O/c1-33-17-15-19-39(49(33)59-45-25-21-35(53(3,4)5)29-41(45)42-30-36(54(6,7)8)22-26-46(42)59)51-57-58-52(61-51)40-20-16-18-34(2)50(40)60-47-27-23-37(55(9,10)11)31-43(47)44-32-38(56(12,13)14)24-28-48(44)60/h15-32H,1-14H3. The summed E-state index contributed by atoms with van der Waals surface area (Å²) in [5.74, 6) is 0.973. The summed E-state index contributed by atoms with van der Waals surface area (Å²) in [6.07, 6.45) is 0. The van der Waals surface area contributed by atoms with Crippen LogP contribution in [0.1, 0.15) is 116 Å². The monoisotopic (exact) mass is 804 g/mol. The minimum atomic E-state index is 0.0108. The third-order valence-corrected chi connectivity index (χ3v) is 12.8. The Morgan fingerprint density at radius 1 is 0.377 bits per heavy atom. The summed E-state index contributed by atoms with van der Waals surface area (Å²) in [4.78, 5) is 0. The number of aryl methyl sites for hydroxylation is 2. The van der Waals surface area contributed by atoms with Gasteiger partial charge in [0.1, 0.15) is 0 Å². The van der Waals surface area contributed by atoms with Crippen LogP contribution in [0, 0.1) is 13.8 Å². The first-order valence-corrected chi connectivity index (χ1v) is 21.8. The van der Waals surface area contributed by atoms with E-state index in [-0.39, 0.29) is 21.7 Å². The molecule has 5 nitrogen and oxygen atoms in total. The van der Waals surface area contributed by atoms with Crippen LogP contribution >= 0.6 is 0 Å². The Labute approximate surface area is 361 Å². The average molecular weight is 805 g/mol. The Hall–Kier alpha value is -5.94. The Morgan fingerprint density at radius 2 is 0.656 bits per heavy atom. The SMILES string of the molecule is Cc1cccc(-c2nnc(-c3cccc(C)c3-n3c4ccc(C(C)(C)C)cc4c4cc(C(C)(C)C)ccc43)o2)c1-n1c2ccc(C(C)(C)C)cc2c2cc(C(C)(C)C)ccc21. The molecule has 0 atom stereocenters. The van der Waals surface area contributed by atoms with Crippen LogP contribution in [0.3, 0.4) is 0 Å². The van der Waals surface area contributed by atoms with Crippen LogP contribution in [-0.4, -0.2) is 19.3 Å². The maximum atomic E-state index is 6.90. The fourth-order valence-electron chi connectivity index (χ4n) is 9.09. The second-order valence-electron chi connectivity index (χ2n) is 21.5. The third-order valence-electron chi connectivity index (χ3n) is 12.8. The van der Waals surface area contributed by atoms with Crippen molar-refractivity contribution in [3.8, 4) is 34.3 Å². The molecule has 0 bridgehead atoms. The average Bonchev–Trinajstić information content (AvgIpc) is 3.89. The van der Waals surface area contributed by atoms with Crippen molar-refractivity contribution < 1.29 is 4.42 Å². The Bertz CT molecular complexity index is 2840. The molecule has 0 amide bonds. The molecule has 9 aromatic rings. The van der Waals surface area contributed by atoms with Gasteiger partial charge in [0.25, 0.3) is 0 Å². The number of rotatable bonds is 4. The molecule has 0 aliphatic heterocycles. The van der Waals surface area contributed by atoms with E-state index in [4.69, 9.17) is 14.6 Å². The molecule has 0 saturated heterocycles. The highest BCUT2D eigenvalue weighted by Gasteiger charge is 2.27. The van der Waals surface area contributed by atoms with Gasteiger partial charge in [-0.3, -0.25) is 0 Å². The zero-order valence-corrected chi connectivity index (χ0v) is 38.6. The van der Waals surface area contributed by atoms with Crippen LogP contribution in [-0.2, 0) is 21.7 Å². The Kier molecular flexibility index (Phi) is 9.15. The van der Waals surface area contributed by atoms with Crippen LogP contribution in [0.15, 0.2) is 114 Å². The minimum Gasteiger partial charge on any atom is -0.416 e. The highest BCUT2D eigenvalue weighted by atomic mass is 16.4. The van der Waals surface area contributed by atoms with E-state index in [1.165, 1.54) is 43.8 Å². The molecule has 0 aliphatic rings. The van der Waals surface area contributed by atoms with Crippen molar-refractivity contribution in [1.29, 1.82) is 0 Å². The van der Waals surface area contributed by atoms with Gasteiger partial charge >= 0.3 is 0 Å². The van der Waals surface area contributed by atoms with Gasteiger partial charge in [-0.2, -0.15) is 0 Å². The first-order valence-electron chi connectivity index (χ1n) is 21.8. The number of nitrogens with zero attached hydrogens (tertiary/aromatic N) is 4. The zero-order valence-electron chi connectivity index (χ0n) is 38.6. The molecule has 0 radical (unpaired) electrons. The lowest BCUT2D eigenvalue weighted by Crippen LogP contribution is -2.10. The van der Waals surface area contributed by atoms with Crippen LogP contribution in [0.2, 0.25) is 0 Å². The van der Waals surface area contributed by atoms with Gasteiger partial charge < -0.3 is 13.6 Å². The van der Waals surface area contributed by atoms with Gasteiger partial charge in [0.2, 0.25) is 11.8 Å². The largest absolute Gasteiger partial charge is 0.416 e. The summed E-state index contributed by atoms with van der Waals surface area (Å²) >= 11 is 0. The molecule has 0 saturated carbocycles. The summed E-state index contributed by atoms with van der Waals surface area (Å²) < 4.78 is 11.7. The Balaban J connectivity index is 1.25. The van der Waals surface area contributed by atoms with Gasteiger partial charge in [0.05, 0.1) is 44.6 Å². The molecule has 0 aliphatic carbocycles. The van der Waals surface area contributed by atoms with E-state index in [1.807, 2.05) is 0 Å². The minimum absolute atomic E-state index is 0.0108. The van der Waals surface area contributed by atoms with Crippen LogP contribution in [0.25, 0.3) is 77.9 Å². The molecule has 310 valence electrons. The topological polar surface area (TPSA) is 48.8 Å². The zero-order chi connectivity index (χ0) is 43.6. The summed E-state index contributed by atoms with van der Waals surface area (Å²) in [5, 5.41) is 14.7. The van der Waals surface area contributed by atoms with Crippen LogP contribution < -0.4 is 0 Å². The molecular formula is C56H60N4O. The highest BCUT2D eigenvalue weighted by molar-refractivity contribution is 6.11. The van der Waals surface area contributed by atoms with E-state index < -0.39 is 0 Å². The highest BCUT2D eigenvalue weighted by Crippen LogP contribution is 2.44. The van der Waals surface area contributed by atoms with Crippen molar-refractivity contribution in [1.82, 2.24) is 19.3 Å². The third kappa shape index (κ3) is 6.77. The van der Waals surface area contributed by atoms with Crippen molar-refractivity contribution in [2.45, 2.75) is 119 Å². The van der Waals surface area contributed by atoms with E-state index in [0.717, 1.165) is 55.7 Å². The lowest BCUT2D eigenvalue weighted by molar-refractivity contribution is 0.584. The van der Waals surface area contributed by atoms with Gasteiger partial charge in [-0.1, -0.05) is 132 Å².